The van der Waals surface area contributed by atoms with E-state index in [9.17, 15) is 4.79 Å². The molecule has 118 valence electrons. The van der Waals surface area contributed by atoms with Gasteiger partial charge in [-0.1, -0.05) is 12.1 Å². The first-order chi connectivity index (χ1) is 11.0. The molecule has 2 aromatic heterocycles. The molecule has 5 heteroatoms. The Morgan fingerprint density at radius 2 is 1.83 bits per heavy atom. The highest BCUT2D eigenvalue weighted by Gasteiger charge is 2.14. The van der Waals surface area contributed by atoms with Crippen LogP contribution in [0.2, 0.25) is 0 Å². The standard InChI is InChI=1S/C18H20N4O/c1-13-12-17(20-21(13)3)18(23)19-14(2)15-6-8-16(9-7-15)22-10-4-5-11-22/h4-12,14H,1-3H3,(H,19,23)/t14-/m0/s1. The van der Waals surface area contributed by atoms with Crippen molar-refractivity contribution in [1.29, 1.82) is 0 Å². The zero-order valence-electron chi connectivity index (χ0n) is 13.5. The molecule has 0 aliphatic heterocycles. The molecular formula is C18H20N4O. The van der Waals surface area contributed by atoms with Crippen LogP contribution >= 0.6 is 0 Å². The monoisotopic (exact) mass is 308 g/mol. The number of amides is 1. The Labute approximate surface area is 135 Å². The van der Waals surface area contributed by atoms with E-state index in [1.54, 1.807) is 10.7 Å². The molecule has 0 aliphatic rings. The van der Waals surface area contributed by atoms with E-state index in [1.807, 2.05) is 74.3 Å². The van der Waals surface area contributed by atoms with Gasteiger partial charge in [0.15, 0.2) is 0 Å². The van der Waals surface area contributed by atoms with Crippen LogP contribution in [-0.2, 0) is 7.05 Å². The van der Waals surface area contributed by atoms with Gasteiger partial charge in [-0.2, -0.15) is 5.10 Å². The highest BCUT2D eigenvalue weighted by Crippen LogP contribution is 2.16. The summed E-state index contributed by atoms with van der Waals surface area (Å²) >= 11 is 0. The van der Waals surface area contributed by atoms with Crippen LogP contribution in [-0.4, -0.2) is 20.3 Å². The Morgan fingerprint density at radius 3 is 2.39 bits per heavy atom. The molecule has 1 N–H and O–H groups in total. The third-order valence-electron chi connectivity index (χ3n) is 3.99. The topological polar surface area (TPSA) is 51.9 Å². The maximum Gasteiger partial charge on any atom is 0.272 e. The van der Waals surface area contributed by atoms with Crippen LogP contribution < -0.4 is 5.32 Å². The average molecular weight is 308 g/mol. The van der Waals surface area contributed by atoms with E-state index >= 15 is 0 Å². The van der Waals surface area contributed by atoms with Crippen molar-refractivity contribution in [3.8, 4) is 5.69 Å². The van der Waals surface area contributed by atoms with E-state index in [-0.39, 0.29) is 11.9 Å². The maximum atomic E-state index is 12.3. The highest BCUT2D eigenvalue weighted by molar-refractivity contribution is 5.92. The quantitative estimate of drug-likeness (QED) is 0.805. The molecule has 0 fully saturated rings. The molecule has 3 rings (SSSR count). The van der Waals surface area contributed by atoms with Crippen LogP contribution in [0.15, 0.2) is 54.9 Å². The van der Waals surface area contributed by atoms with Gasteiger partial charge in [-0.25, -0.2) is 0 Å². The minimum Gasteiger partial charge on any atom is -0.344 e. The molecule has 1 amide bonds. The first-order valence-corrected chi connectivity index (χ1v) is 7.59. The lowest BCUT2D eigenvalue weighted by Gasteiger charge is -2.14. The van der Waals surface area contributed by atoms with Gasteiger partial charge >= 0.3 is 0 Å². The fourth-order valence-corrected chi connectivity index (χ4v) is 2.47. The van der Waals surface area contributed by atoms with E-state index < -0.39 is 0 Å². The smallest absolute Gasteiger partial charge is 0.272 e. The van der Waals surface area contributed by atoms with E-state index in [1.165, 1.54) is 0 Å². The highest BCUT2D eigenvalue weighted by atomic mass is 16.2. The van der Waals surface area contributed by atoms with Gasteiger partial charge in [-0.05, 0) is 49.7 Å². The predicted octanol–water partition coefficient (Wildman–Crippen LogP) is 3.01. The second-order valence-electron chi connectivity index (χ2n) is 5.67. The SMILES string of the molecule is Cc1cc(C(=O)N[C@@H](C)c2ccc(-n3cccc3)cc2)nn1C. The average Bonchev–Trinajstić information content (AvgIpc) is 3.18. The molecule has 0 aliphatic carbocycles. The summed E-state index contributed by atoms with van der Waals surface area (Å²) in [6, 6.07) is 13.8. The number of nitrogens with zero attached hydrogens (tertiary/aromatic N) is 3. The van der Waals surface area contributed by atoms with Gasteiger partial charge < -0.3 is 9.88 Å². The number of aryl methyl sites for hydroxylation is 2. The number of carbonyl (C=O) groups is 1. The van der Waals surface area contributed by atoms with E-state index in [0.717, 1.165) is 16.9 Å². The van der Waals surface area contributed by atoms with Crippen LogP contribution in [0.5, 0.6) is 0 Å². The summed E-state index contributed by atoms with van der Waals surface area (Å²) in [7, 11) is 1.83. The molecule has 3 aromatic rings. The zero-order chi connectivity index (χ0) is 16.4. The molecule has 0 bridgehead atoms. The number of nitrogens with one attached hydrogen (secondary N) is 1. The van der Waals surface area contributed by atoms with E-state index in [0.29, 0.717) is 5.69 Å². The number of benzene rings is 1. The van der Waals surface area contributed by atoms with Crippen molar-refractivity contribution in [2.24, 2.45) is 7.05 Å². The minimum atomic E-state index is -0.157. The molecule has 2 heterocycles. The normalized spacial score (nSPS) is 12.1. The Bertz CT molecular complexity index is 781. The summed E-state index contributed by atoms with van der Waals surface area (Å²) in [6.07, 6.45) is 4.01. The molecule has 0 saturated heterocycles. The summed E-state index contributed by atoms with van der Waals surface area (Å²) in [5.74, 6) is -0.157. The lowest BCUT2D eigenvalue weighted by molar-refractivity contribution is 0.0934. The van der Waals surface area contributed by atoms with Gasteiger partial charge in [-0.3, -0.25) is 9.48 Å². The van der Waals surface area contributed by atoms with Crippen LogP contribution in [0.3, 0.4) is 0 Å². The molecule has 5 nitrogen and oxygen atoms in total. The molecule has 1 atom stereocenters. The van der Waals surface area contributed by atoms with Crippen molar-refractivity contribution >= 4 is 5.91 Å². The lowest BCUT2D eigenvalue weighted by Crippen LogP contribution is -2.27. The maximum absolute atomic E-state index is 12.3. The summed E-state index contributed by atoms with van der Waals surface area (Å²) in [5.41, 5.74) is 3.55. The van der Waals surface area contributed by atoms with Crippen molar-refractivity contribution < 1.29 is 4.79 Å². The van der Waals surface area contributed by atoms with E-state index in [4.69, 9.17) is 0 Å². The van der Waals surface area contributed by atoms with Crippen LogP contribution in [0.25, 0.3) is 5.69 Å². The Balaban J connectivity index is 1.70. The molecule has 23 heavy (non-hydrogen) atoms. The predicted molar refractivity (Wildman–Crippen MR) is 89.6 cm³/mol. The Morgan fingerprint density at radius 1 is 1.17 bits per heavy atom. The van der Waals surface area contributed by atoms with Gasteiger partial charge in [0.1, 0.15) is 5.69 Å². The number of hydrogen-bond acceptors (Lipinski definition) is 2. The number of rotatable bonds is 4. The summed E-state index contributed by atoms with van der Waals surface area (Å²) in [6.45, 7) is 3.89. The first-order valence-electron chi connectivity index (χ1n) is 7.59. The van der Waals surface area contributed by atoms with Crippen LogP contribution in [0, 0.1) is 6.92 Å². The lowest BCUT2D eigenvalue weighted by atomic mass is 10.1. The summed E-state index contributed by atoms with van der Waals surface area (Å²) in [4.78, 5) is 12.3. The molecule has 0 saturated carbocycles. The van der Waals surface area contributed by atoms with Crippen molar-refractivity contribution in [2.75, 3.05) is 0 Å². The summed E-state index contributed by atoms with van der Waals surface area (Å²) in [5, 5.41) is 7.19. The van der Waals surface area contributed by atoms with Gasteiger partial charge in [-0.15, -0.1) is 0 Å². The summed E-state index contributed by atoms with van der Waals surface area (Å²) < 4.78 is 3.75. The van der Waals surface area contributed by atoms with Crippen molar-refractivity contribution in [3.63, 3.8) is 0 Å². The number of hydrogen-bond donors (Lipinski definition) is 1. The Kier molecular flexibility index (Phi) is 4.02. The third kappa shape index (κ3) is 3.18. The van der Waals surface area contributed by atoms with Gasteiger partial charge in [0.25, 0.3) is 5.91 Å². The van der Waals surface area contributed by atoms with Gasteiger partial charge in [0.05, 0.1) is 6.04 Å². The fraction of sp³-hybridized carbons (Fsp3) is 0.222. The number of carbonyl (C=O) groups excluding carboxylic acids is 1. The third-order valence-corrected chi connectivity index (χ3v) is 3.99. The number of aromatic nitrogens is 3. The molecule has 0 unspecified atom stereocenters. The van der Waals surface area contributed by atoms with Crippen molar-refractivity contribution in [3.05, 3.63) is 71.8 Å². The van der Waals surface area contributed by atoms with Gasteiger partial charge in [0.2, 0.25) is 0 Å². The zero-order valence-corrected chi connectivity index (χ0v) is 13.5. The van der Waals surface area contributed by atoms with Crippen LogP contribution in [0.1, 0.15) is 34.7 Å². The van der Waals surface area contributed by atoms with Crippen LogP contribution in [0.4, 0.5) is 0 Å². The largest absolute Gasteiger partial charge is 0.344 e. The fourth-order valence-electron chi connectivity index (χ4n) is 2.47. The van der Waals surface area contributed by atoms with E-state index in [2.05, 4.69) is 10.4 Å². The molecular weight excluding hydrogens is 288 g/mol. The second kappa shape index (κ2) is 6.12. The molecule has 0 radical (unpaired) electrons. The minimum absolute atomic E-state index is 0.0801. The van der Waals surface area contributed by atoms with Crippen molar-refractivity contribution in [2.45, 2.75) is 19.9 Å². The first kappa shape index (κ1) is 15.1. The molecule has 0 spiro atoms. The molecule has 1 aromatic carbocycles. The van der Waals surface area contributed by atoms with Crippen molar-refractivity contribution in [1.82, 2.24) is 19.7 Å². The second-order valence-corrected chi connectivity index (χ2v) is 5.67. The Hall–Kier alpha value is -2.82. The van der Waals surface area contributed by atoms with Gasteiger partial charge in [0, 0.05) is 30.8 Å².